The summed E-state index contributed by atoms with van der Waals surface area (Å²) in [5.74, 6) is 0. The Bertz CT molecular complexity index is 533. The van der Waals surface area contributed by atoms with Gasteiger partial charge < -0.3 is 5.32 Å². The third-order valence-electron chi connectivity index (χ3n) is 2.67. The summed E-state index contributed by atoms with van der Waals surface area (Å²) in [5.41, 5.74) is 1.92. The van der Waals surface area contributed by atoms with Gasteiger partial charge in [-0.1, -0.05) is 23.2 Å². The van der Waals surface area contributed by atoms with Crippen LogP contribution in [0.2, 0.25) is 9.36 Å². The fourth-order valence-electron chi connectivity index (χ4n) is 1.79. The largest absolute Gasteiger partial charge is 0.306 e. The van der Waals surface area contributed by atoms with Crippen LogP contribution in [-0.4, -0.2) is 9.78 Å². The molecule has 98 valence electrons. The molecule has 2 heterocycles. The smallest absolute Gasteiger partial charge is 0.0931 e. The molecule has 0 unspecified atom stereocenters. The molecule has 0 aliphatic heterocycles. The Morgan fingerprint density at radius 3 is 2.72 bits per heavy atom. The molecule has 0 aliphatic carbocycles. The van der Waals surface area contributed by atoms with Crippen LogP contribution in [-0.2, 0) is 19.6 Å². The van der Waals surface area contributed by atoms with Gasteiger partial charge in [-0.05, 0) is 26.0 Å². The lowest BCUT2D eigenvalue weighted by Crippen LogP contribution is -2.15. The maximum absolute atomic E-state index is 6.24. The highest BCUT2D eigenvalue weighted by Crippen LogP contribution is 2.22. The lowest BCUT2D eigenvalue weighted by atomic mass is 10.3. The van der Waals surface area contributed by atoms with E-state index >= 15 is 0 Å². The van der Waals surface area contributed by atoms with Gasteiger partial charge in [-0.2, -0.15) is 5.10 Å². The SMILES string of the molecule is CCn1nc(C)c(Cl)c1CNCc1ccc(Cl)s1. The Labute approximate surface area is 121 Å². The monoisotopic (exact) mass is 303 g/mol. The molecule has 1 N–H and O–H groups in total. The molecule has 0 aliphatic rings. The van der Waals surface area contributed by atoms with E-state index in [0.29, 0.717) is 6.54 Å². The molecule has 0 aromatic carbocycles. The third kappa shape index (κ3) is 3.06. The molecule has 18 heavy (non-hydrogen) atoms. The molecular weight excluding hydrogens is 289 g/mol. The topological polar surface area (TPSA) is 29.9 Å². The Kier molecular flexibility index (Phi) is 4.67. The number of halogens is 2. The van der Waals surface area contributed by atoms with Crippen molar-refractivity contribution < 1.29 is 0 Å². The minimum Gasteiger partial charge on any atom is -0.306 e. The molecule has 0 amide bonds. The number of nitrogens with one attached hydrogen (secondary N) is 1. The fraction of sp³-hybridized carbons (Fsp3) is 0.417. The van der Waals surface area contributed by atoms with Gasteiger partial charge in [-0.3, -0.25) is 4.68 Å². The van der Waals surface area contributed by atoms with E-state index in [1.807, 2.05) is 23.7 Å². The average molecular weight is 304 g/mol. The van der Waals surface area contributed by atoms with Gasteiger partial charge in [-0.25, -0.2) is 0 Å². The quantitative estimate of drug-likeness (QED) is 0.909. The van der Waals surface area contributed by atoms with Crippen molar-refractivity contribution in [3.63, 3.8) is 0 Å². The summed E-state index contributed by atoms with van der Waals surface area (Å²) in [6.07, 6.45) is 0. The number of hydrogen-bond donors (Lipinski definition) is 1. The van der Waals surface area contributed by atoms with E-state index in [0.717, 1.165) is 33.8 Å². The van der Waals surface area contributed by atoms with Gasteiger partial charge in [0.2, 0.25) is 0 Å². The summed E-state index contributed by atoms with van der Waals surface area (Å²) in [6, 6.07) is 3.95. The van der Waals surface area contributed by atoms with Crippen molar-refractivity contribution in [1.29, 1.82) is 0 Å². The Morgan fingerprint density at radius 1 is 1.33 bits per heavy atom. The normalized spacial score (nSPS) is 11.1. The Balaban J connectivity index is 1.98. The molecule has 0 radical (unpaired) electrons. The molecule has 6 heteroatoms. The van der Waals surface area contributed by atoms with Crippen LogP contribution in [0.15, 0.2) is 12.1 Å². The van der Waals surface area contributed by atoms with E-state index in [-0.39, 0.29) is 0 Å². The van der Waals surface area contributed by atoms with Gasteiger partial charge in [0.1, 0.15) is 0 Å². The first-order valence-electron chi connectivity index (χ1n) is 5.78. The van der Waals surface area contributed by atoms with Crippen LogP contribution in [0.1, 0.15) is 23.2 Å². The van der Waals surface area contributed by atoms with Crippen molar-refractivity contribution in [2.75, 3.05) is 0 Å². The van der Waals surface area contributed by atoms with Gasteiger partial charge in [-0.15, -0.1) is 11.3 Å². The highest BCUT2D eigenvalue weighted by atomic mass is 35.5. The van der Waals surface area contributed by atoms with Gasteiger partial charge >= 0.3 is 0 Å². The minimum atomic E-state index is 0.711. The maximum atomic E-state index is 6.24. The number of rotatable bonds is 5. The molecule has 0 bridgehead atoms. The molecular formula is C12H15Cl2N3S. The van der Waals surface area contributed by atoms with E-state index in [2.05, 4.69) is 17.3 Å². The van der Waals surface area contributed by atoms with Gasteiger partial charge in [0.15, 0.2) is 0 Å². The van der Waals surface area contributed by atoms with E-state index in [1.54, 1.807) is 11.3 Å². The molecule has 2 aromatic rings. The first kappa shape index (κ1) is 13.9. The van der Waals surface area contributed by atoms with Gasteiger partial charge in [0, 0.05) is 24.5 Å². The summed E-state index contributed by atoms with van der Waals surface area (Å²) in [7, 11) is 0. The summed E-state index contributed by atoms with van der Waals surface area (Å²) in [5, 5.41) is 8.51. The van der Waals surface area contributed by atoms with E-state index in [4.69, 9.17) is 23.2 Å². The standard InChI is InChI=1S/C12H15Cl2N3S/c1-3-17-10(12(14)8(2)16-17)7-15-6-9-4-5-11(13)18-9/h4-5,15H,3,6-7H2,1-2H3. The minimum absolute atomic E-state index is 0.711. The van der Waals surface area contributed by atoms with E-state index in [9.17, 15) is 0 Å². The van der Waals surface area contributed by atoms with Crippen LogP contribution >= 0.6 is 34.5 Å². The first-order chi connectivity index (χ1) is 8.61. The molecule has 0 spiro atoms. The van der Waals surface area contributed by atoms with Crippen molar-refractivity contribution in [3.05, 3.63) is 37.8 Å². The second-order valence-electron chi connectivity index (χ2n) is 3.97. The molecule has 0 saturated carbocycles. The lowest BCUT2D eigenvalue weighted by Gasteiger charge is -2.06. The third-order valence-corrected chi connectivity index (χ3v) is 4.40. The van der Waals surface area contributed by atoms with E-state index in [1.165, 1.54) is 4.88 Å². The van der Waals surface area contributed by atoms with Gasteiger partial charge in [0.25, 0.3) is 0 Å². The number of nitrogens with zero attached hydrogens (tertiary/aromatic N) is 2. The maximum Gasteiger partial charge on any atom is 0.0931 e. The number of hydrogen-bond acceptors (Lipinski definition) is 3. The van der Waals surface area contributed by atoms with Crippen LogP contribution in [0.25, 0.3) is 0 Å². The molecule has 0 fully saturated rings. The lowest BCUT2D eigenvalue weighted by molar-refractivity contribution is 0.581. The van der Waals surface area contributed by atoms with Crippen LogP contribution in [0, 0.1) is 6.92 Å². The predicted octanol–water partition coefficient (Wildman–Crippen LogP) is 3.87. The predicted molar refractivity (Wildman–Crippen MR) is 77.5 cm³/mol. The summed E-state index contributed by atoms with van der Waals surface area (Å²) in [4.78, 5) is 1.22. The van der Waals surface area contributed by atoms with Crippen molar-refractivity contribution in [2.24, 2.45) is 0 Å². The van der Waals surface area contributed by atoms with Crippen molar-refractivity contribution in [3.8, 4) is 0 Å². The second kappa shape index (κ2) is 6.06. The Morgan fingerprint density at radius 2 is 2.11 bits per heavy atom. The zero-order valence-electron chi connectivity index (χ0n) is 10.3. The zero-order chi connectivity index (χ0) is 13.1. The number of aryl methyl sites for hydroxylation is 2. The van der Waals surface area contributed by atoms with Crippen LogP contribution in [0.4, 0.5) is 0 Å². The van der Waals surface area contributed by atoms with E-state index < -0.39 is 0 Å². The van der Waals surface area contributed by atoms with Gasteiger partial charge in [0.05, 0.1) is 20.7 Å². The van der Waals surface area contributed by atoms with Crippen molar-refractivity contribution >= 4 is 34.5 Å². The zero-order valence-corrected chi connectivity index (χ0v) is 12.7. The first-order valence-corrected chi connectivity index (χ1v) is 7.35. The molecule has 0 atom stereocenters. The average Bonchev–Trinajstić information content (AvgIpc) is 2.87. The summed E-state index contributed by atoms with van der Waals surface area (Å²) >= 11 is 13.7. The molecule has 2 aromatic heterocycles. The summed E-state index contributed by atoms with van der Waals surface area (Å²) in [6.45, 7) is 6.32. The summed E-state index contributed by atoms with van der Waals surface area (Å²) < 4.78 is 2.76. The van der Waals surface area contributed by atoms with Crippen molar-refractivity contribution in [2.45, 2.75) is 33.5 Å². The fourth-order valence-corrected chi connectivity index (χ4v) is 3.05. The highest BCUT2D eigenvalue weighted by Gasteiger charge is 2.11. The number of thiophene rings is 1. The molecule has 3 nitrogen and oxygen atoms in total. The second-order valence-corrected chi connectivity index (χ2v) is 6.15. The highest BCUT2D eigenvalue weighted by molar-refractivity contribution is 7.16. The van der Waals surface area contributed by atoms with Crippen LogP contribution in [0.3, 0.4) is 0 Å². The number of aromatic nitrogens is 2. The van der Waals surface area contributed by atoms with Crippen LogP contribution in [0.5, 0.6) is 0 Å². The molecule has 2 rings (SSSR count). The van der Waals surface area contributed by atoms with Crippen LogP contribution < -0.4 is 5.32 Å². The van der Waals surface area contributed by atoms with Crippen molar-refractivity contribution in [1.82, 2.24) is 15.1 Å². The molecule has 0 saturated heterocycles. The Hall–Kier alpha value is -0.550.